The summed E-state index contributed by atoms with van der Waals surface area (Å²) in [4.78, 5) is 14.0. The van der Waals surface area contributed by atoms with Crippen LogP contribution in [0, 0.1) is 0 Å². The van der Waals surface area contributed by atoms with Gasteiger partial charge in [0, 0.05) is 31.9 Å². The molecule has 1 aromatic rings. The number of carbonyl (C=O) groups is 1. The van der Waals surface area contributed by atoms with Crippen molar-refractivity contribution in [3.63, 3.8) is 0 Å². The smallest absolute Gasteiger partial charge is 0.270 e. The van der Waals surface area contributed by atoms with Crippen LogP contribution >= 0.6 is 0 Å². The molecule has 0 bridgehead atoms. The highest BCUT2D eigenvalue weighted by atomic mass is 19.3. The van der Waals surface area contributed by atoms with Crippen molar-refractivity contribution < 1.29 is 13.6 Å². The van der Waals surface area contributed by atoms with E-state index in [9.17, 15) is 13.6 Å². The Balaban J connectivity index is 2.15. The van der Waals surface area contributed by atoms with Gasteiger partial charge in [0.25, 0.3) is 12.3 Å². The van der Waals surface area contributed by atoms with Gasteiger partial charge in [-0.1, -0.05) is 0 Å². The Hall–Kier alpha value is -1.43. The van der Waals surface area contributed by atoms with Crippen LogP contribution in [0.5, 0.6) is 0 Å². The van der Waals surface area contributed by atoms with E-state index in [1.807, 2.05) is 6.92 Å². The Labute approximate surface area is 105 Å². The molecule has 1 aromatic heterocycles. The van der Waals surface area contributed by atoms with E-state index < -0.39 is 13.0 Å². The van der Waals surface area contributed by atoms with Crippen molar-refractivity contribution in [2.24, 2.45) is 0 Å². The topological polar surface area (TPSA) is 37.3 Å². The lowest BCUT2D eigenvalue weighted by Gasteiger charge is -2.34. The molecule has 0 radical (unpaired) electrons. The largest absolute Gasteiger partial charge is 0.338 e. The van der Waals surface area contributed by atoms with E-state index in [1.54, 1.807) is 17.0 Å². The first kappa shape index (κ1) is 13.0. The third-order valence-corrected chi connectivity index (χ3v) is 3.15. The molecular weight excluding hydrogens is 240 g/mol. The summed E-state index contributed by atoms with van der Waals surface area (Å²) in [5.41, 5.74) is 0.337. The van der Waals surface area contributed by atoms with Gasteiger partial charge in [0.1, 0.15) is 5.69 Å². The molecule has 0 aliphatic carbocycles. The molecule has 4 nitrogen and oxygen atoms in total. The molecule has 2 rings (SSSR count). The van der Waals surface area contributed by atoms with Crippen molar-refractivity contribution >= 4 is 5.91 Å². The van der Waals surface area contributed by atoms with Crippen molar-refractivity contribution in [3.8, 4) is 0 Å². The second-order valence-corrected chi connectivity index (χ2v) is 4.49. The molecule has 1 atom stereocenters. The number of hydrogen-bond acceptors (Lipinski definition) is 2. The van der Waals surface area contributed by atoms with E-state index >= 15 is 0 Å². The van der Waals surface area contributed by atoms with Gasteiger partial charge in [-0.2, -0.15) is 0 Å². The van der Waals surface area contributed by atoms with Crippen molar-refractivity contribution in [2.75, 3.05) is 19.6 Å². The monoisotopic (exact) mass is 257 g/mol. The number of piperazine rings is 1. The van der Waals surface area contributed by atoms with E-state index in [-0.39, 0.29) is 11.9 Å². The first-order valence-electron chi connectivity index (χ1n) is 6.04. The summed E-state index contributed by atoms with van der Waals surface area (Å²) in [7, 11) is 0. The molecule has 0 saturated carbocycles. The van der Waals surface area contributed by atoms with E-state index in [0.717, 1.165) is 13.1 Å². The molecule has 1 fully saturated rings. The second kappa shape index (κ2) is 5.48. The highest BCUT2D eigenvalue weighted by Crippen LogP contribution is 2.13. The SMILES string of the molecule is CC1CNCCN1C(=O)c1cccn1CC(F)F. The van der Waals surface area contributed by atoms with Gasteiger partial charge in [0.05, 0.1) is 6.54 Å². The standard InChI is InChI=1S/C12H17F2N3O/c1-9-7-15-4-6-17(9)12(18)10-3-2-5-16(10)8-11(13)14/h2-3,5,9,11,15H,4,6-8H2,1H3. The number of rotatable bonds is 3. The molecule has 18 heavy (non-hydrogen) atoms. The maximum Gasteiger partial charge on any atom is 0.270 e. The first-order chi connectivity index (χ1) is 8.59. The van der Waals surface area contributed by atoms with Crippen LogP contribution in [0.3, 0.4) is 0 Å². The van der Waals surface area contributed by atoms with Crippen LogP contribution in [0.15, 0.2) is 18.3 Å². The van der Waals surface area contributed by atoms with Crippen molar-refractivity contribution in [2.45, 2.75) is 25.9 Å². The zero-order chi connectivity index (χ0) is 13.1. The minimum atomic E-state index is -2.45. The number of amides is 1. The summed E-state index contributed by atoms with van der Waals surface area (Å²) < 4.78 is 26.1. The Morgan fingerprint density at radius 2 is 2.39 bits per heavy atom. The minimum Gasteiger partial charge on any atom is -0.338 e. The first-order valence-corrected chi connectivity index (χ1v) is 6.04. The normalized spacial score (nSPS) is 20.4. The molecule has 1 amide bonds. The fraction of sp³-hybridized carbons (Fsp3) is 0.583. The van der Waals surface area contributed by atoms with Gasteiger partial charge in [0.2, 0.25) is 0 Å². The Bertz CT molecular complexity index is 419. The Kier molecular flexibility index (Phi) is 3.96. The van der Waals surface area contributed by atoms with E-state index in [4.69, 9.17) is 0 Å². The molecule has 1 N–H and O–H groups in total. The van der Waals surface area contributed by atoms with Gasteiger partial charge < -0.3 is 14.8 Å². The van der Waals surface area contributed by atoms with Gasteiger partial charge in [-0.25, -0.2) is 8.78 Å². The fourth-order valence-corrected chi connectivity index (χ4v) is 2.21. The van der Waals surface area contributed by atoms with E-state index in [2.05, 4.69) is 5.32 Å². The van der Waals surface area contributed by atoms with Gasteiger partial charge in [-0.05, 0) is 19.1 Å². The maximum absolute atomic E-state index is 12.4. The lowest BCUT2D eigenvalue weighted by atomic mass is 10.2. The quantitative estimate of drug-likeness (QED) is 0.883. The molecule has 6 heteroatoms. The molecule has 0 spiro atoms. The molecule has 0 aromatic carbocycles. The number of halogens is 2. The van der Waals surface area contributed by atoms with Crippen molar-refractivity contribution in [1.82, 2.24) is 14.8 Å². The molecule has 1 saturated heterocycles. The molecule has 1 aliphatic heterocycles. The van der Waals surface area contributed by atoms with Crippen LogP contribution in [0.1, 0.15) is 17.4 Å². The number of alkyl halides is 2. The lowest BCUT2D eigenvalue weighted by Crippen LogP contribution is -2.52. The summed E-state index contributed by atoms with van der Waals surface area (Å²) in [6, 6.07) is 3.31. The van der Waals surface area contributed by atoms with Crippen LogP contribution in [-0.4, -0.2) is 47.5 Å². The summed E-state index contributed by atoms with van der Waals surface area (Å²) in [5, 5.41) is 3.19. The summed E-state index contributed by atoms with van der Waals surface area (Å²) in [5.74, 6) is -0.172. The highest BCUT2D eigenvalue weighted by molar-refractivity contribution is 5.93. The minimum absolute atomic E-state index is 0.0844. The van der Waals surface area contributed by atoms with Gasteiger partial charge in [-0.15, -0.1) is 0 Å². The Morgan fingerprint density at radius 1 is 1.61 bits per heavy atom. The van der Waals surface area contributed by atoms with Crippen LogP contribution in [0.25, 0.3) is 0 Å². The predicted molar refractivity (Wildman–Crippen MR) is 63.8 cm³/mol. The third-order valence-electron chi connectivity index (χ3n) is 3.15. The number of aromatic nitrogens is 1. The summed E-state index contributed by atoms with van der Waals surface area (Å²) in [6.07, 6.45) is -0.934. The van der Waals surface area contributed by atoms with Gasteiger partial charge >= 0.3 is 0 Å². The average Bonchev–Trinajstić information content (AvgIpc) is 2.76. The van der Waals surface area contributed by atoms with Crippen LogP contribution in [0.4, 0.5) is 8.78 Å². The van der Waals surface area contributed by atoms with Gasteiger partial charge in [0.15, 0.2) is 0 Å². The Morgan fingerprint density at radius 3 is 3.06 bits per heavy atom. The molecule has 1 unspecified atom stereocenters. The predicted octanol–water partition coefficient (Wildman–Crippen LogP) is 1.19. The molecule has 1 aliphatic rings. The van der Waals surface area contributed by atoms with Crippen molar-refractivity contribution in [3.05, 3.63) is 24.0 Å². The van der Waals surface area contributed by atoms with Crippen LogP contribution in [0.2, 0.25) is 0 Å². The third kappa shape index (κ3) is 2.69. The number of nitrogens with zero attached hydrogens (tertiary/aromatic N) is 2. The van der Waals surface area contributed by atoms with Gasteiger partial charge in [-0.3, -0.25) is 4.79 Å². The zero-order valence-corrected chi connectivity index (χ0v) is 10.3. The fourth-order valence-electron chi connectivity index (χ4n) is 2.21. The molecule has 100 valence electrons. The number of hydrogen-bond donors (Lipinski definition) is 1. The summed E-state index contributed by atoms with van der Waals surface area (Å²) >= 11 is 0. The average molecular weight is 257 g/mol. The van der Waals surface area contributed by atoms with Crippen molar-refractivity contribution in [1.29, 1.82) is 0 Å². The van der Waals surface area contributed by atoms with Crippen LogP contribution in [-0.2, 0) is 6.54 Å². The van der Waals surface area contributed by atoms with E-state index in [0.29, 0.717) is 12.2 Å². The second-order valence-electron chi connectivity index (χ2n) is 4.49. The highest BCUT2D eigenvalue weighted by Gasteiger charge is 2.26. The zero-order valence-electron chi connectivity index (χ0n) is 10.3. The molecular formula is C12H17F2N3O. The lowest BCUT2D eigenvalue weighted by molar-refractivity contribution is 0.0636. The van der Waals surface area contributed by atoms with E-state index in [1.165, 1.54) is 10.8 Å². The van der Waals surface area contributed by atoms with Crippen LogP contribution < -0.4 is 5.32 Å². The summed E-state index contributed by atoms with van der Waals surface area (Å²) in [6.45, 7) is 3.60. The number of carbonyl (C=O) groups excluding carboxylic acids is 1. The maximum atomic E-state index is 12.4. The number of nitrogens with one attached hydrogen (secondary N) is 1. The molecule has 2 heterocycles.